The summed E-state index contributed by atoms with van der Waals surface area (Å²) in [5, 5.41) is 16.3. The third kappa shape index (κ3) is 3.56. The molecule has 0 atom stereocenters. The predicted molar refractivity (Wildman–Crippen MR) is 79.7 cm³/mol. The summed E-state index contributed by atoms with van der Waals surface area (Å²) < 4.78 is 0. The van der Waals surface area contributed by atoms with E-state index in [-0.39, 0.29) is 12.1 Å². The third-order valence-corrected chi connectivity index (χ3v) is 3.64. The van der Waals surface area contributed by atoms with Gasteiger partial charge in [-0.05, 0) is 33.6 Å². The molecule has 0 aromatic carbocycles. The fraction of sp³-hybridized carbons (Fsp3) is 0.714. The zero-order chi connectivity index (χ0) is 14.5. The minimum Gasteiger partial charge on any atom is -0.394 e. The first-order valence-electron chi connectivity index (χ1n) is 7.00. The van der Waals surface area contributed by atoms with Crippen molar-refractivity contribution < 1.29 is 5.11 Å². The molecule has 0 amide bonds. The van der Waals surface area contributed by atoms with E-state index in [1.54, 1.807) is 0 Å². The van der Waals surface area contributed by atoms with Gasteiger partial charge in [0.2, 0.25) is 0 Å². The van der Waals surface area contributed by atoms with Gasteiger partial charge in [0.15, 0.2) is 0 Å². The fourth-order valence-corrected chi connectivity index (χ4v) is 2.03. The molecule has 5 nitrogen and oxygen atoms in total. The zero-order valence-corrected chi connectivity index (χ0v) is 12.7. The van der Waals surface area contributed by atoms with Gasteiger partial charge in [0, 0.05) is 12.1 Å². The SMILES string of the molecule is CCNc1nc(C)nc(NC(CC)(CC)CO)c1C. The van der Waals surface area contributed by atoms with Crippen LogP contribution in [0.25, 0.3) is 0 Å². The molecule has 5 heteroatoms. The highest BCUT2D eigenvalue weighted by molar-refractivity contribution is 5.58. The van der Waals surface area contributed by atoms with Crippen molar-refractivity contribution in [3.8, 4) is 0 Å². The van der Waals surface area contributed by atoms with Gasteiger partial charge in [-0.1, -0.05) is 13.8 Å². The van der Waals surface area contributed by atoms with Crippen LogP contribution < -0.4 is 10.6 Å². The summed E-state index contributed by atoms with van der Waals surface area (Å²) in [4.78, 5) is 8.88. The topological polar surface area (TPSA) is 70.1 Å². The highest BCUT2D eigenvalue weighted by atomic mass is 16.3. The summed E-state index contributed by atoms with van der Waals surface area (Å²) in [5.74, 6) is 2.39. The number of nitrogens with one attached hydrogen (secondary N) is 2. The van der Waals surface area contributed by atoms with E-state index in [0.29, 0.717) is 0 Å². The lowest BCUT2D eigenvalue weighted by Gasteiger charge is -2.32. The van der Waals surface area contributed by atoms with Gasteiger partial charge >= 0.3 is 0 Å². The molecule has 0 radical (unpaired) electrons. The summed E-state index contributed by atoms with van der Waals surface area (Å²) in [5.41, 5.74) is 0.682. The molecular formula is C14H26N4O. The van der Waals surface area contributed by atoms with E-state index < -0.39 is 0 Å². The predicted octanol–water partition coefficient (Wildman–Crippen LogP) is 2.49. The Morgan fingerprint density at radius 1 is 1.05 bits per heavy atom. The molecule has 1 heterocycles. The smallest absolute Gasteiger partial charge is 0.135 e. The number of rotatable bonds is 7. The molecule has 19 heavy (non-hydrogen) atoms. The number of anilines is 2. The highest BCUT2D eigenvalue weighted by Gasteiger charge is 2.26. The molecule has 0 aliphatic rings. The van der Waals surface area contributed by atoms with Crippen molar-refractivity contribution in [2.75, 3.05) is 23.8 Å². The van der Waals surface area contributed by atoms with E-state index in [1.165, 1.54) is 0 Å². The van der Waals surface area contributed by atoms with Crippen LogP contribution in [0.4, 0.5) is 11.6 Å². The average molecular weight is 266 g/mol. The summed E-state index contributed by atoms with van der Waals surface area (Å²) in [6.45, 7) is 11.0. The molecule has 0 saturated heterocycles. The number of aryl methyl sites for hydroxylation is 1. The second-order valence-electron chi connectivity index (χ2n) is 4.89. The number of aliphatic hydroxyl groups excluding tert-OH is 1. The second-order valence-corrected chi connectivity index (χ2v) is 4.89. The van der Waals surface area contributed by atoms with Crippen LogP contribution in [0.3, 0.4) is 0 Å². The molecular weight excluding hydrogens is 240 g/mol. The fourth-order valence-electron chi connectivity index (χ4n) is 2.03. The van der Waals surface area contributed by atoms with Crippen molar-refractivity contribution >= 4 is 11.6 Å². The molecule has 108 valence electrons. The number of aliphatic hydroxyl groups is 1. The van der Waals surface area contributed by atoms with Crippen LogP contribution in [-0.2, 0) is 0 Å². The number of nitrogens with zero attached hydrogens (tertiary/aromatic N) is 2. The normalized spacial score (nSPS) is 11.5. The Balaban J connectivity index is 3.12. The molecule has 0 spiro atoms. The van der Waals surface area contributed by atoms with Crippen LogP contribution in [0, 0.1) is 13.8 Å². The number of aromatic nitrogens is 2. The van der Waals surface area contributed by atoms with Crippen LogP contribution in [0.5, 0.6) is 0 Å². The summed E-state index contributed by atoms with van der Waals surface area (Å²) in [7, 11) is 0. The highest BCUT2D eigenvalue weighted by Crippen LogP contribution is 2.26. The van der Waals surface area contributed by atoms with Gasteiger partial charge in [0.25, 0.3) is 0 Å². The Morgan fingerprint density at radius 2 is 1.63 bits per heavy atom. The van der Waals surface area contributed by atoms with E-state index in [9.17, 15) is 5.11 Å². The molecule has 1 rings (SSSR count). The Hall–Kier alpha value is -1.36. The minimum absolute atomic E-state index is 0.0963. The molecule has 0 fully saturated rings. The van der Waals surface area contributed by atoms with Crippen LogP contribution in [0.2, 0.25) is 0 Å². The third-order valence-electron chi connectivity index (χ3n) is 3.64. The first-order chi connectivity index (χ1) is 9.01. The van der Waals surface area contributed by atoms with E-state index in [0.717, 1.165) is 42.4 Å². The van der Waals surface area contributed by atoms with Crippen molar-refractivity contribution in [2.24, 2.45) is 0 Å². The summed E-state index contributed by atoms with van der Waals surface area (Å²) >= 11 is 0. The van der Waals surface area contributed by atoms with Gasteiger partial charge in [-0.3, -0.25) is 0 Å². The maximum atomic E-state index is 9.65. The van der Waals surface area contributed by atoms with E-state index in [2.05, 4.69) is 34.4 Å². The quantitative estimate of drug-likeness (QED) is 0.707. The summed E-state index contributed by atoms with van der Waals surface area (Å²) in [6.07, 6.45) is 1.69. The van der Waals surface area contributed by atoms with Crippen LogP contribution in [0.15, 0.2) is 0 Å². The molecule has 1 aromatic rings. The second kappa shape index (κ2) is 6.70. The van der Waals surface area contributed by atoms with Crippen molar-refractivity contribution in [3.63, 3.8) is 0 Å². The lowest BCUT2D eigenvalue weighted by atomic mass is 9.93. The van der Waals surface area contributed by atoms with Gasteiger partial charge < -0.3 is 15.7 Å². The Labute approximate surface area is 115 Å². The number of hydrogen-bond donors (Lipinski definition) is 3. The molecule has 0 bridgehead atoms. The monoisotopic (exact) mass is 266 g/mol. The molecule has 0 unspecified atom stereocenters. The van der Waals surface area contributed by atoms with Gasteiger partial charge in [0.05, 0.1) is 12.1 Å². The maximum Gasteiger partial charge on any atom is 0.135 e. The molecule has 3 N–H and O–H groups in total. The minimum atomic E-state index is -0.310. The van der Waals surface area contributed by atoms with Crippen molar-refractivity contribution in [1.82, 2.24) is 9.97 Å². The van der Waals surface area contributed by atoms with E-state index in [4.69, 9.17) is 0 Å². The molecule has 0 aliphatic carbocycles. The zero-order valence-electron chi connectivity index (χ0n) is 12.7. The maximum absolute atomic E-state index is 9.65. The molecule has 0 aliphatic heterocycles. The standard InChI is InChI=1S/C14H26N4O/c1-6-14(7-2,9-19)18-13-10(4)12(15-8-3)16-11(5)17-13/h19H,6-9H2,1-5H3,(H2,15,16,17,18). The molecule has 1 aromatic heterocycles. The van der Waals surface area contributed by atoms with Gasteiger partial charge in [-0.25, -0.2) is 9.97 Å². The Kier molecular flexibility index (Phi) is 5.54. The van der Waals surface area contributed by atoms with Crippen molar-refractivity contribution in [1.29, 1.82) is 0 Å². The average Bonchev–Trinajstić information content (AvgIpc) is 2.41. The van der Waals surface area contributed by atoms with Crippen LogP contribution in [0.1, 0.15) is 45.0 Å². The van der Waals surface area contributed by atoms with Crippen molar-refractivity contribution in [2.45, 2.75) is 53.0 Å². The van der Waals surface area contributed by atoms with E-state index >= 15 is 0 Å². The lowest BCUT2D eigenvalue weighted by molar-refractivity contribution is 0.202. The Morgan fingerprint density at radius 3 is 2.11 bits per heavy atom. The van der Waals surface area contributed by atoms with Crippen molar-refractivity contribution in [3.05, 3.63) is 11.4 Å². The van der Waals surface area contributed by atoms with Gasteiger partial charge in [-0.2, -0.15) is 0 Å². The van der Waals surface area contributed by atoms with Crippen LogP contribution in [-0.4, -0.2) is 33.8 Å². The Bertz CT molecular complexity index is 408. The first kappa shape index (κ1) is 15.7. The largest absolute Gasteiger partial charge is 0.394 e. The first-order valence-corrected chi connectivity index (χ1v) is 7.00. The summed E-state index contributed by atoms with van der Waals surface area (Å²) in [6, 6.07) is 0. The number of hydrogen-bond acceptors (Lipinski definition) is 5. The van der Waals surface area contributed by atoms with Gasteiger partial charge in [-0.15, -0.1) is 0 Å². The van der Waals surface area contributed by atoms with E-state index in [1.807, 2.05) is 20.8 Å². The van der Waals surface area contributed by atoms with Crippen LogP contribution >= 0.6 is 0 Å². The molecule has 0 saturated carbocycles. The van der Waals surface area contributed by atoms with Gasteiger partial charge in [0.1, 0.15) is 17.5 Å². The lowest BCUT2D eigenvalue weighted by Crippen LogP contribution is -2.41.